The summed E-state index contributed by atoms with van der Waals surface area (Å²) in [7, 11) is 0. The molecule has 6 nitrogen and oxygen atoms in total. The number of amides is 1. The van der Waals surface area contributed by atoms with Gasteiger partial charge in [-0.05, 0) is 65.8 Å². The third-order valence-electron chi connectivity index (χ3n) is 5.10. The minimum Gasteiger partial charge on any atom is -0.477 e. The lowest BCUT2D eigenvalue weighted by atomic mass is 10.0. The minimum atomic E-state index is -3.51. The van der Waals surface area contributed by atoms with E-state index in [2.05, 4.69) is 15.9 Å². The SMILES string of the molecule is O=C(O)c1ccc(CCCN2C(=O)OCCC2C=CC(O)C(F)(F)c2cc(Br)cc(I)c2)s1. The van der Waals surface area contributed by atoms with E-state index in [-0.39, 0.29) is 17.0 Å². The van der Waals surface area contributed by atoms with Crippen molar-refractivity contribution in [3.05, 3.63) is 65.8 Å². The molecule has 33 heavy (non-hydrogen) atoms. The first-order chi connectivity index (χ1) is 15.6. The van der Waals surface area contributed by atoms with E-state index in [1.807, 2.05) is 22.6 Å². The van der Waals surface area contributed by atoms with Crippen LogP contribution in [0.5, 0.6) is 0 Å². The smallest absolute Gasteiger partial charge is 0.410 e. The van der Waals surface area contributed by atoms with Gasteiger partial charge in [0.25, 0.3) is 0 Å². The molecule has 1 aromatic carbocycles. The monoisotopic (exact) mass is 655 g/mol. The Balaban J connectivity index is 1.65. The van der Waals surface area contributed by atoms with Gasteiger partial charge in [0.2, 0.25) is 0 Å². The Kier molecular flexibility index (Phi) is 8.87. The number of benzene rings is 1. The fraction of sp³-hybridized carbons (Fsp3) is 0.364. The van der Waals surface area contributed by atoms with Gasteiger partial charge in [-0.25, -0.2) is 9.59 Å². The second-order valence-electron chi connectivity index (χ2n) is 7.45. The number of aromatic carboxylic acids is 1. The molecule has 0 saturated carbocycles. The molecule has 0 spiro atoms. The molecule has 2 atom stereocenters. The minimum absolute atomic E-state index is 0.160. The molecule has 2 unspecified atom stereocenters. The number of thiophene rings is 1. The van der Waals surface area contributed by atoms with Crippen LogP contribution >= 0.6 is 49.9 Å². The Bertz CT molecular complexity index is 1030. The highest BCUT2D eigenvalue weighted by molar-refractivity contribution is 14.1. The quantitative estimate of drug-likeness (QED) is 0.269. The zero-order valence-electron chi connectivity index (χ0n) is 17.2. The maximum atomic E-state index is 14.8. The fourth-order valence-corrected chi connectivity index (χ4v) is 5.90. The Morgan fingerprint density at radius 2 is 2.15 bits per heavy atom. The molecular weight excluding hydrogens is 635 g/mol. The number of carboxylic acids is 1. The van der Waals surface area contributed by atoms with E-state index in [4.69, 9.17) is 9.84 Å². The Labute approximate surface area is 215 Å². The number of carboxylic acid groups (broad SMARTS) is 1. The van der Waals surface area contributed by atoms with E-state index in [1.165, 1.54) is 40.5 Å². The van der Waals surface area contributed by atoms with Crippen molar-refractivity contribution in [1.29, 1.82) is 0 Å². The Morgan fingerprint density at radius 1 is 1.39 bits per heavy atom. The lowest BCUT2D eigenvalue weighted by Crippen LogP contribution is -2.45. The number of hydrogen-bond donors (Lipinski definition) is 2. The van der Waals surface area contributed by atoms with E-state index in [9.17, 15) is 23.5 Å². The number of nitrogens with zero attached hydrogens (tertiary/aromatic N) is 1. The van der Waals surface area contributed by atoms with Crippen molar-refractivity contribution in [2.24, 2.45) is 0 Å². The second-order valence-corrected chi connectivity index (χ2v) is 10.8. The van der Waals surface area contributed by atoms with Crippen molar-refractivity contribution in [3.63, 3.8) is 0 Å². The van der Waals surface area contributed by atoms with Gasteiger partial charge < -0.3 is 19.8 Å². The summed E-state index contributed by atoms with van der Waals surface area (Å²) in [5.41, 5.74) is -0.310. The number of cyclic esters (lactones) is 1. The van der Waals surface area contributed by atoms with Gasteiger partial charge in [0.1, 0.15) is 11.0 Å². The molecule has 2 heterocycles. The average molecular weight is 656 g/mol. The number of hydrogen-bond acceptors (Lipinski definition) is 5. The zero-order chi connectivity index (χ0) is 24.2. The van der Waals surface area contributed by atoms with Crippen LogP contribution < -0.4 is 0 Å². The number of halogens is 4. The average Bonchev–Trinajstić information content (AvgIpc) is 3.22. The molecule has 2 N–H and O–H groups in total. The van der Waals surface area contributed by atoms with Crippen LogP contribution in [0, 0.1) is 3.57 Å². The van der Waals surface area contributed by atoms with Crippen molar-refractivity contribution in [2.45, 2.75) is 37.3 Å². The fourth-order valence-electron chi connectivity index (χ4n) is 3.42. The van der Waals surface area contributed by atoms with Crippen LogP contribution in [0.15, 0.2) is 47.0 Å². The van der Waals surface area contributed by atoms with Crippen LogP contribution in [0.4, 0.5) is 13.6 Å². The summed E-state index contributed by atoms with van der Waals surface area (Å²) < 4.78 is 35.8. The number of aryl methyl sites for hydroxylation is 1. The van der Waals surface area contributed by atoms with Crippen molar-refractivity contribution in [2.75, 3.05) is 13.2 Å². The molecule has 0 bridgehead atoms. The second kappa shape index (κ2) is 11.2. The number of rotatable bonds is 9. The molecule has 178 valence electrons. The van der Waals surface area contributed by atoms with E-state index < -0.39 is 30.1 Å². The topological polar surface area (TPSA) is 87.1 Å². The van der Waals surface area contributed by atoms with Gasteiger partial charge in [-0.2, -0.15) is 8.78 Å². The number of ether oxygens (including phenoxy) is 1. The number of carbonyl (C=O) groups is 2. The van der Waals surface area contributed by atoms with Gasteiger partial charge in [0.05, 0.1) is 12.6 Å². The van der Waals surface area contributed by atoms with Crippen molar-refractivity contribution in [3.8, 4) is 0 Å². The summed E-state index contributed by atoms with van der Waals surface area (Å²) in [5, 5.41) is 19.2. The summed E-state index contributed by atoms with van der Waals surface area (Å²) >= 11 is 6.30. The third kappa shape index (κ3) is 6.74. The maximum absolute atomic E-state index is 14.8. The molecular formula is C22H21BrF2INO5S. The largest absolute Gasteiger partial charge is 0.477 e. The molecule has 1 saturated heterocycles. The van der Waals surface area contributed by atoms with Gasteiger partial charge in [0.15, 0.2) is 0 Å². The van der Waals surface area contributed by atoms with E-state index in [1.54, 1.807) is 12.1 Å². The van der Waals surface area contributed by atoms with Gasteiger partial charge in [-0.1, -0.05) is 28.1 Å². The van der Waals surface area contributed by atoms with Crippen LogP contribution in [0.1, 0.15) is 33.0 Å². The summed E-state index contributed by atoms with van der Waals surface area (Å²) in [6, 6.07) is 7.05. The molecule has 1 aliphatic rings. The highest BCUT2D eigenvalue weighted by Crippen LogP contribution is 2.35. The predicted octanol–water partition coefficient (Wildman–Crippen LogP) is 5.67. The number of carbonyl (C=O) groups excluding carboxylic acids is 1. The van der Waals surface area contributed by atoms with Gasteiger partial charge >= 0.3 is 18.0 Å². The summed E-state index contributed by atoms with van der Waals surface area (Å²) in [6.45, 7) is 0.470. The van der Waals surface area contributed by atoms with Crippen LogP contribution in [0.3, 0.4) is 0 Å². The first-order valence-corrected chi connectivity index (χ1v) is 12.7. The molecule has 0 radical (unpaired) electrons. The van der Waals surface area contributed by atoms with Crippen molar-refractivity contribution < 1.29 is 33.3 Å². The summed E-state index contributed by atoms with van der Waals surface area (Å²) in [5.74, 6) is -4.50. The molecule has 1 amide bonds. The van der Waals surface area contributed by atoms with Crippen molar-refractivity contribution in [1.82, 2.24) is 4.90 Å². The first kappa shape index (κ1) is 26.0. The number of alkyl halides is 2. The Hall–Kier alpha value is -1.57. The summed E-state index contributed by atoms with van der Waals surface area (Å²) in [4.78, 5) is 25.8. The Morgan fingerprint density at radius 3 is 2.82 bits per heavy atom. The molecule has 1 aromatic heterocycles. The molecule has 3 rings (SSSR count). The molecule has 0 aliphatic carbocycles. The van der Waals surface area contributed by atoms with Gasteiger partial charge in [-0.3, -0.25) is 0 Å². The lowest BCUT2D eigenvalue weighted by molar-refractivity contribution is -0.0930. The van der Waals surface area contributed by atoms with Crippen LogP contribution in [0.2, 0.25) is 0 Å². The normalized spacial score (nSPS) is 17.9. The van der Waals surface area contributed by atoms with Crippen molar-refractivity contribution >= 4 is 61.9 Å². The number of aliphatic hydroxyl groups is 1. The van der Waals surface area contributed by atoms with E-state index in [0.717, 1.165) is 11.0 Å². The molecule has 1 aliphatic heterocycles. The standard InChI is InChI=1S/C22H21BrF2INO5S/c23-14-10-13(11-15(26)12-14)22(24,25)19(28)6-3-16-7-9-32-21(31)27(16)8-1-2-17-4-5-18(33-17)20(29)30/h3-6,10-12,16,19,28H,1-2,7-9H2,(H,29,30). The molecule has 1 fully saturated rings. The lowest BCUT2D eigenvalue weighted by Gasteiger charge is -2.33. The van der Waals surface area contributed by atoms with Crippen LogP contribution in [-0.2, 0) is 17.1 Å². The van der Waals surface area contributed by atoms with Crippen LogP contribution in [-0.4, -0.2) is 52.5 Å². The highest BCUT2D eigenvalue weighted by Gasteiger charge is 2.40. The third-order valence-corrected chi connectivity index (χ3v) is 7.32. The van der Waals surface area contributed by atoms with Crippen LogP contribution in [0.25, 0.3) is 0 Å². The highest BCUT2D eigenvalue weighted by atomic mass is 127. The van der Waals surface area contributed by atoms with Gasteiger partial charge in [-0.15, -0.1) is 11.3 Å². The summed E-state index contributed by atoms with van der Waals surface area (Å²) in [6.07, 6.45) is 1.38. The zero-order valence-corrected chi connectivity index (χ0v) is 21.8. The molecule has 2 aromatic rings. The number of aliphatic hydroxyl groups excluding tert-OH is 1. The maximum Gasteiger partial charge on any atom is 0.410 e. The molecule has 11 heteroatoms. The van der Waals surface area contributed by atoms with E-state index in [0.29, 0.717) is 33.9 Å². The predicted molar refractivity (Wildman–Crippen MR) is 132 cm³/mol. The van der Waals surface area contributed by atoms with Gasteiger partial charge in [0, 0.05) is 31.4 Å². The first-order valence-electron chi connectivity index (χ1n) is 10.0. The van der Waals surface area contributed by atoms with E-state index >= 15 is 0 Å².